The van der Waals surface area contributed by atoms with Crippen LogP contribution < -0.4 is 4.90 Å². The average Bonchev–Trinajstić information content (AvgIpc) is 2.39. The molecule has 0 fully saturated rings. The number of aliphatic carboxylic acids is 1. The Labute approximate surface area is 115 Å². The zero-order valence-corrected chi connectivity index (χ0v) is 11.0. The predicted molar refractivity (Wildman–Crippen MR) is 73.4 cm³/mol. The monoisotopic (exact) mass is 277 g/mol. The van der Waals surface area contributed by atoms with Gasteiger partial charge in [-0.1, -0.05) is 23.7 Å². The van der Waals surface area contributed by atoms with Crippen LogP contribution in [0.1, 0.15) is 0 Å². The Morgan fingerprint density at radius 2 is 2.00 bits per heavy atom. The van der Waals surface area contributed by atoms with Crippen molar-refractivity contribution in [3.63, 3.8) is 0 Å². The number of likely N-dealkylation sites (N-methyl/N-ethyl adjacent to an activating group) is 1. The van der Waals surface area contributed by atoms with Crippen molar-refractivity contribution in [2.45, 2.75) is 0 Å². The summed E-state index contributed by atoms with van der Waals surface area (Å²) in [7, 11) is 1.67. The van der Waals surface area contributed by atoms with Crippen molar-refractivity contribution >= 4 is 23.4 Å². The van der Waals surface area contributed by atoms with Gasteiger partial charge in [-0.25, -0.2) is 9.97 Å². The van der Waals surface area contributed by atoms with Crippen LogP contribution in [0.4, 0.5) is 5.82 Å². The topological polar surface area (TPSA) is 66.3 Å². The van der Waals surface area contributed by atoms with Crippen molar-refractivity contribution < 1.29 is 9.90 Å². The first-order valence-electron chi connectivity index (χ1n) is 5.57. The standard InChI is InChI=1S/C13H12ClN3O2/c1-17(7-13(18)19)12-6-11(15-8-16-12)9-2-4-10(14)5-3-9/h2-6,8H,7H2,1H3,(H,18,19). The molecule has 1 heterocycles. The number of hydrogen-bond acceptors (Lipinski definition) is 4. The highest BCUT2D eigenvalue weighted by Gasteiger charge is 2.09. The molecular weight excluding hydrogens is 266 g/mol. The summed E-state index contributed by atoms with van der Waals surface area (Å²) in [6, 6.07) is 9.00. The number of anilines is 1. The molecule has 1 aromatic carbocycles. The Balaban J connectivity index is 2.28. The first kappa shape index (κ1) is 13.3. The average molecular weight is 278 g/mol. The van der Waals surface area contributed by atoms with Crippen LogP contribution >= 0.6 is 11.6 Å². The van der Waals surface area contributed by atoms with E-state index >= 15 is 0 Å². The van der Waals surface area contributed by atoms with Crippen molar-refractivity contribution in [1.82, 2.24) is 9.97 Å². The molecule has 0 aliphatic rings. The second-order valence-electron chi connectivity index (χ2n) is 4.02. The summed E-state index contributed by atoms with van der Waals surface area (Å²) < 4.78 is 0. The van der Waals surface area contributed by atoms with Crippen LogP contribution in [0.15, 0.2) is 36.7 Å². The molecule has 5 nitrogen and oxygen atoms in total. The molecule has 0 saturated carbocycles. The van der Waals surface area contributed by atoms with E-state index in [-0.39, 0.29) is 6.54 Å². The molecule has 0 radical (unpaired) electrons. The van der Waals surface area contributed by atoms with Gasteiger partial charge in [0.2, 0.25) is 0 Å². The minimum Gasteiger partial charge on any atom is -0.480 e. The van der Waals surface area contributed by atoms with Gasteiger partial charge >= 0.3 is 5.97 Å². The molecule has 0 aliphatic carbocycles. The lowest BCUT2D eigenvalue weighted by molar-refractivity contribution is -0.135. The van der Waals surface area contributed by atoms with Gasteiger partial charge in [0.15, 0.2) is 0 Å². The summed E-state index contributed by atoms with van der Waals surface area (Å²) in [4.78, 5) is 20.5. The lowest BCUT2D eigenvalue weighted by atomic mass is 10.1. The van der Waals surface area contributed by atoms with E-state index in [1.165, 1.54) is 6.33 Å². The van der Waals surface area contributed by atoms with E-state index in [1.807, 2.05) is 12.1 Å². The van der Waals surface area contributed by atoms with Gasteiger partial charge in [-0.2, -0.15) is 0 Å². The highest BCUT2D eigenvalue weighted by molar-refractivity contribution is 6.30. The van der Waals surface area contributed by atoms with Gasteiger partial charge in [0.25, 0.3) is 0 Å². The summed E-state index contributed by atoms with van der Waals surface area (Å²) in [5.74, 6) is -0.350. The molecule has 0 unspecified atom stereocenters. The number of halogens is 1. The van der Waals surface area contributed by atoms with Crippen LogP contribution in [0.25, 0.3) is 11.3 Å². The fourth-order valence-electron chi connectivity index (χ4n) is 1.62. The van der Waals surface area contributed by atoms with E-state index in [9.17, 15) is 4.79 Å². The minimum absolute atomic E-state index is 0.114. The van der Waals surface area contributed by atoms with Crippen LogP contribution in [-0.4, -0.2) is 34.6 Å². The zero-order valence-electron chi connectivity index (χ0n) is 10.2. The van der Waals surface area contributed by atoms with Crippen molar-refractivity contribution in [3.8, 4) is 11.3 Å². The highest BCUT2D eigenvalue weighted by Crippen LogP contribution is 2.21. The molecule has 19 heavy (non-hydrogen) atoms. The molecule has 1 N–H and O–H groups in total. The van der Waals surface area contributed by atoms with E-state index in [0.717, 1.165) is 11.3 Å². The second kappa shape index (κ2) is 5.67. The van der Waals surface area contributed by atoms with Crippen molar-refractivity contribution in [3.05, 3.63) is 41.7 Å². The molecule has 98 valence electrons. The number of nitrogens with zero attached hydrogens (tertiary/aromatic N) is 3. The Bertz CT molecular complexity index is 587. The fraction of sp³-hybridized carbons (Fsp3) is 0.154. The molecule has 0 spiro atoms. The fourth-order valence-corrected chi connectivity index (χ4v) is 1.74. The number of carboxylic acid groups (broad SMARTS) is 1. The van der Waals surface area contributed by atoms with Crippen LogP contribution in [0, 0.1) is 0 Å². The van der Waals surface area contributed by atoms with Gasteiger partial charge in [-0.3, -0.25) is 4.79 Å². The Morgan fingerprint density at radius 1 is 1.32 bits per heavy atom. The van der Waals surface area contributed by atoms with Crippen LogP contribution in [0.3, 0.4) is 0 Å². The zero-order chi connectivity index (χ0) is 13.8. The quantitative estimate of drug-likeness (QED) is 0.929. The smallest absolute Gasteiger partial charge is 0.323 e. The van der Waals surface area contributed by atoms with Crippen LogP contribution in [0.2, 0.25) is 5.02 Å². The number of benzene rings is 1. The van der Waals surface area contributed by atoms with E-state index in [1.54, 1.807) is 30.1 Å². The normalized spacial score (nSPS) is 10.2. The molecule has 2 rings (SSSR count). The van der Waals surface area contributed by atoms with Gasteiger partial charge in [-0.15, -0.1) is 0 Å². The highest BCUT2D eigenvalue weighted by atomic mass is 35.5. The lowest BCUT2D eigenvalue weighted by Crippen LogP contribution is -2.25. The van der Waals surface area contributed by atoms with E-state index in [2.05, 4.69) is 9.97 Å². The Morgan fingerprint density at radius 3 is 2.63 bits per heavy atom. The third-order valence-electron chi connectivity index (χ3n) is 2.56. The van der Waals surface area contributed by atoms with E-state index in [4.69, 9.17) is 16.7 Å². The molecule has 2 aromatic rings. The first-order chi connectivity index (χ1) is 9.06. The van der Waals surface area contributed by atoms with Crippen LogP contribution in [0.5, 0.6) is 0 Å². The first-order valence-corrected chi connectivity index (χ1v) is 5.95. The maximum atomic E-state index is 10.7. The van der Waals surface area contributed by atoms with Crippen molar-refractivity contribution in [2.24, 2.45) is 0 Å². The number of aromatic nitrogens is 2. The molecule has 1 aromatic heterocycles. The second-order valence-corrected chi connectivity index (χ2v) is 4.45. The number of rotatable bonds is 4. The molecule has 0 bridgehead atoms. The van der Waals surface area contributed by atoms with Crippen molar-refractivity contribution in [2.75, 3.05) is 18.5 Å². The number of hydrogen-bond donors (Lipinski definition) is 1. The summed E-state index contributed by atoms with van der Waals surface area (Å²) in [6.07, 6.45) is 1.41. The third-order valence-corrected chi connectivity index (χ3v) is 2.81. The van der Waals surface area contributed by atoms with Crippen LogP contribution in [-0.2, 0) is 4.79 Å². The molecule has 0 atom stereocenters. The van der Waals surface area contributed by atoms with E-state index in [0.29, 0.717) is 10.8 Å². The molecule has 6 heteroatoms. The number of carbonyl (C=O) groups is 1. The van der Waals surface area contributed by atoms with Gasteiger partial charge in [0.05, 0.1) is 5.69 Å². The van der Waals surface area contributed by atoms with E-state index < -0.39 is 5.97 Å². The molecule has 0 saturated heterocycles. The predicted octanol–water partition coefficient (Wildman–Crippen LogP) is 2.32. The van der Waals surface area contributed by atoms with Gasteiger partial charge in [-0.05, 0) is 12.1 Å². The van der Waals surface area contributed by atoms with Gasteiger partial charge < -0.3 is 10.0 Å². The molecule has 0 aliphatic heterocycles. The summed E-state index contributed by atoms with van der Waals surface area (Å²) in [5, 5.41) is 9.42. The maximum absolute atomic E-state index is 10.7. The Hall–Kier alpha value is -2.14. The largest absolute Gasteiger partial charge is 0.480 e. The summed E-state index contributed by atoms with van der Waals surface area (Å²) in [5.41, 5.74) is 1.62. The molecular formula is C13H12ClN3O2. The summed E-state index contributed by atoms with van der Waals surface area (Å²) >= 11 is 5.83. The number of carboxylic acids is 1. The SMILES string of the molecule is CN(CC(=O)O)c1cc(-c2ccc(Cl)cc2)ncn1. The van der Waals surface area contributed by atoms with Gasteiger partial charge in [0, 0.05) is 23.7 Å². The summed E-state index contributed by atoms with van der Waals surface area (Å²) in [6.45, 7) is -0.114. The third kappa shape index (κ3) is 3.42. The molecule has 0 amide bonds. The minimum atomic E-state index is -0.908. The maximum Gasteiger partial charge on any atom is 0.323 e. The Kier molecular flexibility index (Phi) is 3.97. The van der Waals surface area contributed by atoms with Gasteiger partial charge in [0.1, 0.15) is 18.7 Å². The van der Waals surface area contributed by atoms with Crippen molar-refractivity contribution in [1.29, 1.82) is 0 Å². The lowest BCUT2D eigenvalue weighted by Gasteiger charge is -2.15.